The van der Waals surface area contributed by atoms with Gasteiger partial charge in [-0.15, -0.1) is 0 Å². The lowest BCUT2D eigenvalue weighted by atomic mass is 10.0. The minimum Gasteiger partial charge on any atom is -0.497 e. The average Bonchev–Trinajstić information content (AvgIpc) is 3.48. The summed E-state index contributed by atoms with van der Waals surface area (Å²) in [7, 11) is 1.62. The molecule has 1 saturated carbocycles. The molecule has 1 heterocycles. The van der Waals surface area contributed by atoms with E-state index in [2.05, 4.69) is 21.7 Å². The first-order valence-electron chi connectivity index (χ1n) is 9.87. The van der Waals surface area contributed by atoms with Crippen LogP contribution >= 0.6 is 0 Å². The number of carbonyl (C=O) groups is 2. The Morgan fingerprint density at radius 3 is 2.48 bits per heavy atom. The van der Waals surface area contributed by atoms with Gasteiger partial charge in [-0.1, -0.05) is 30.3 Å². The van der Waals surface area contributed by atoms with Gasteiger partial charge in [0.15, 0.2) is 0 Å². The molecule has 2 amide bonds. The SMILES string of the molecule is COc1ccc(CNC(=O)C2(C(=O)NCCc3c[nH]c4ccccc34)CC2)cc1. The van der Waals surface area contributed by atoms with Crippen molar-refractivity contribution < 1.29 is 14.3 Å². The van der Waals surface area contributed by atoms with Gasteiger partial charge in [-0.2, -0.15) is 0 Å². The summed E-state index contributed by atoms with van der Waals surface area (Å²) in [6, 6.07) is 15.6. The summed E-state index contributed by atoms with van der Waals surface area (Å²) in [5.74, 6) is 0.399. The van der Waals surface area contributed by atoms with E-state index in [4.69, 9.17) is 4.74 Å². The molecule has 3 N–H and O–H groups in total. The highest BCUT2D eigenvalue weighted by molar-refractivity contribution is 6.07. The van der Waals surface area contributed by atoms with Crippen molar-refractivity contribution in [2.45, 2.75) is 25.8 Å². The van der Waals surface area contributed by atoms with Crippen molar-refractivity contribution in [3.63, 3.8) is 0 Å². The Morgan fingerprint density at radius 2 is 1.76 bits per heavy atom. The first kappa shape index (κ1) is 19.1. The summed E-state index contributed by atoms with van der Waals surface area (Å²) in [4.78, 5) is 28.5. The number of hydrogen-bond donors (Lipinski definition) is 3. The van der Waals surface area contributed by atoms with Gasteiger partial charge < -0.3 is 20.4 Å². The smallest absolute Gasteiger partial charge is 0.235 e. The number of carbonyl (C=O) groups excluding carboxylic acids is 2. The number of rotatable bonds is 8. The van der Waals surface area contributed by atoms with Crippen molar-refractivity contribution in [3.05, 3.63) is 65.9 Å². The fourth-order valence-corrected chi connectivity index (χ4v) is 3.60. The van der Waals surface area contributed by atoms with Crippen LogP contribution in [0.25, 0.3) is 10.9 Å². The summed E-state index contributed by atoms with van der Waals surface area (Å²) < 4.78 is 5.14. The van der Waals surface area contributed by atoms with E-state index in [-0.39, 0.29) is 11.8 Å². The molecule has 3 aromatic rings. The Labute approximate surface area is 169 Å². The van der Waals surface area contributed by atoms with Crippen molar-refractivity contribution in [3.8, 4) is 5.75 Å². The third kappa shape index (κ3) is 3.97. The zero-order chi connectivity index (χ0) is 20.3. The van der Waals surface area contributed by atoms with Gasteiger partial charge in [-0.3, -0.25) is 9.59 Å². The standard InChI is InChI=1S/C23H25N3O3/c1-29-18-8-6-16(7-9-18)14-26-22(28)23(11-12-23)21(27)24-13-10-17-15-25-20-5-3-2-4-19(17)20/h2-9,15,25H,10-14H2,1H3,(H,24,27)(H,26,28). The summed E-state index contributed by atoms with van der Waals surface area (Å²) in [5.41, 5.74) is 2.31. The van der Waals surface area contributed by atoms with Crippen LogP contribution in [-0.4, -0.2) is 30.5 Å². The van der Waals surface area contributed by atoms with Gasteiger partial charge in [0.2, 0.25) is 11.8 Å². The maximum Gasteiger partial charge on any atom is 0.235 e. The Hall–Kier alpha value is -3.28. The van der Waals surface area contributed by atoms with Crippen LogP contribution < -0.4 is 15.4 Å². The third-order valence-electron chi connectivity index (χ3n) is 5.59. The number of aromatic amines is 1. The van der Waals surface area contributed by atoms with E-state index in [1.54, 1.807) is 7.11 Å². The second-order valence-electron chi connectivity index (χ2n) is 7.48. The Bertz CT molecular complexity index is 1020. The summed E-state index contributed by atoms with van der Waals surface area (Å²) in [6.07, 6.45) is 3.89. The predicted molar refractivity (Wildman–Crippen MR) is 112 cm³/mol. The summed E-state index contributed by atoms with van der Waals surface area (Å²) in [6.45, 7) is 0.904. The van der Waals surface area contributed by atoms with Crippen molar-refractivity contribution in [2.24, 2.45) is 5.41 Å². The molecule has 1 aromatic heterocycles. The number of amides is 2. The number of para-hydroxylation sites is 1. The lowest BCUT2D eigenvalue weighted by Crippen LogP contribution is -2.43. The molecule has 0 bridgehead atoms. The van der Waals surface area contributed by atoms with Crippen LogP contribution in [0.5, 0.6) is 5.75 Å². The molecular weight excluding hydrogens is 366 g/mol. The lowest BCUT2D eigenvalue weighted by Gasteiger charge is -2.15. The topological polar surface area (TPSA) is 83.2 Å². The molecule has 4 rings (SSSR count). The predicted octanol–water partition coefficient (Wildman–Crippen LogP) is 2.93. The summed E-state index contributed by atoms with van der Waals surface area (Å²) in [5, 5.41) is 7.02. The minimum atomic E-state index is -0.910. The monoisotopic (exact) mass is 391 g/mol. The normalized spacial score (nSPS) is 14.4. The first-order valence-corrected chi connectivity index (χ1v) is 9.87. The fraction of sp³-hybridized carbons (Fsp3) is 0.304. The quantitative estimate of drug-likeness (QED) is 0.516. The third-order valence-corrected chi connectivity index (χ3v) is 5.59. The molecule has 0 aliphatic heterocycles. The van der Waals surface area contributed by atoms with E-state index >= 15 is 0 Å². The number of H-pyrrole nitrogens is 1. The molecule has 2 aromatic carbocycles. The molecule has 0 radical (unpaired) electrons. The number of aromatic nitrogens is 1. The lowest BCUT2D eigenvalue weighted by molar-refractivity contribution is -0.137. The van der Waals surface area contributed by atoms with E-state index in [1.807, 2.05) is 48.7 Å². The van der Waals surface area contributed by atoms with Crippen molar-refractivity contribution in [1.29, 1.82) is 0 Å². The number of methoxy groups -OCH3 is 1. The van der Waals surface area contributed by atoms with Gasteiger partial charge in [0.1, 0.15) is 11.2 Å². The Kier molecular flexibility index (Phi) is 5.25. The van der Waals surface area contributed by atoms with E-state index < -0.39 is 5.41 Å². The number of hydrogen-bond acceptors (Lipinski definition) is 3. The molecule has 150 valence electrons. The van der Waals surface area contributed by atoms with E-state index in [1.165, 1.54) is 5.39 Å². The highest BCUT2D eigenvalue weighted by Gasteiger charge is 2.56. The average molecular weight is 391 g/mol. The molecule has 6 nitrogen and oxygen atoms in total. The number of ether oxygens (including phenoxy) is 1. The van der Waals surface area contributed by atoms with Crippen LogP contribution in [0.2, 0.25) is 0 Å². The van der Waals surface area contributed by atoms with Gasteiger partial charge in [0.05, 0.1) is 7.11 Å². The van der Waals surface area contributed by atoms with Gasteiger partial charge in [-0.25, -0.2) is 0 Å². The van der Waals surface area contributed by atoms with Crippen molar-refractivity contribution in [2.75, 3.05) is 13.7 Å². The zero-order valence-electron chi connectivity index (χ0n) is 16.5. The number of benzene rings is 2. The fourth-order valence-electron chi connectivity index (χ4n) is 3.60. The molecule has 6 heteroatoms. The molecule has 0 atom stereocenters. The Morgan fingerprint density at radius 1 is 1.03 bits per heavy atom. The second kappa shape index (κ2) is 7.99. The van der Waals surface area contributed by atoms with Crippen LogP contribution in [0.4, 0.5) is 0 Å². The van der Waals surface area contributed by atoms with Crippen LogP contribution in [-0.2, 0) is 22.6 Å². The second-order valence-corrected chi connectivity index (χ2v) is 7.48. The molecule has 1 fully saturated rings. The molecule has 0 unspecified atom stereocenters. The molecule has 0 spiro atoms. The van der Waals surface area contributed by atoms with E-state index in [0.717, 1.165) is 28.8 Å². The summed E-state index contributed by atoms with van der Waals surface area (Å²) >= 11 is 0. The van der Waals surface area contributed by atoms with Crippen LogP contribution in [0, 0.1) is 5.41 Å². The maximum atomic E-state index is 12.7. The molecular formula is C23H25N3O3. The molecule has 0 saturated heterocycles. The minimum absolute atomic E-state index is 0.176. The van der Waals surface area contributed by atoms with Gasteiger partial charge >= 0.3 is 0 Å². The first-order chi connectivity index (χ1) is 14.1. The van der Waals surface area contributed by atoms with Crippen LogP contribution in [0.15, 0.2) is 54.7 Å². The largest absolute Gasteiger partial charge is 0.497 e. The Balaban J connectivity index is 1.29. The highest BCUT2D eigenvalue weighted by atomic mass is 16.5. The molecule has 1 aliphatic carbocycles. The van der Waals surface area contributed by atoms with Crippen molar-refractivity contribution >= 4 is 22.7 Å². The van der Waals surface area contributed by atoms with Gasteiger partial charge in [0.25, 0.3) is 0 Å². The van der Waals surface area contributed by atoms with Crippen LogP contribution in [0.1, 0.15) is 24.0 Å². The van der Waals surface area contributed by atoms with E-state index in [9.17, 15) is 9.59 Å². The van der Waals surface area contributed by atoms with E-state index in [0.29, 0.717) is 25.9 Å². The zero-order valence-corrected chi connectivity index (χ0v) is 16.5. The van der Waals surface area contributed by atoms with Gasteiger partial charge in [-0.05, 0) is 48.6 Å². The molecule has 1 aliphatic rings. The highest BCUT2D eigenvalue weighted by Crippen LogP contribution is 2.46. The number of fused-ring (bicyclic) bond motifs is 1. The van der Waals surface area contributed by atoms with Crippen LogP contribution in [0.3, 0.4) is 0 Å². The maximum absolute atomic E-state index is 12.7. The van der Waals surface area contributed by atoms with Crippen molar-refractivity contribution in [1.82, 2.24) is 15.6 Å². The number of nitrogens with one attached hydrogen (secondary N) is 3. The molecule has 29 heavy (non-hydrogen) atoms. The van der Waals surface area contributed by atoms with Gasteiger partial charge in [0, 0.05) is 30.2 Å².